The zero-order valence-corrected chi connectivity index (χ0v) is 22.5. The molecule has 0 aliphatic heterocycles. The lowest BCUT2D eigenvalue weighted by molar-refractivity contribution is -0.0968. The molecule has 0 unspecified atom stereocenters. The summed E-state index contributed by atoms with van der Waals surface area (Å²) in [6.07, 6.45) is 12.1. The first-order chi connectivity index (χ1) is 16.5. The van der Waals surface area contributed by atoms with Gasteiger partial charge in [-0.25, -0.2) is 0 Å². The van der Waals surface area contributed by atoms with Gasteiger partial charge in [-0.3, -0.25) is 0 Å². The third-order valence-electron chi connectivity index (χ3n) is 9.17. The predicted molar refractivity (Wildman–Crippen MR) is 141 cm³/mol. The van der Waals surface area contributed by atoms with Crippen molar-refractivity contribution in [1.82, 2.24) is 0 Å². The minimum Gasteiger partial charge on any atom is -0.396 e. The third-order valence-corrected chi connectivity index (χ3v) is 9.17. The van der Waals surface area contributed by atoms with E-state index in [1.165, 1.54) is 37.7 Å². The van der Waals surface area contributed by atoms with E-state index in [2.05, 4.69) is 32.6 Å². The monoisotopic (exact) mass is 490 g/mol. The van der Waals surface area contributed by atoms with Gasteiger partial charge in [-0.2, -0.15) is 0 Å². The van der Waals surface area contributed by atoms with Gasteiger partial charge in [0.1, 0.15) is 12.2 Å². The number of hydrogen-bond acceptors (Lipinski definition) is 5. The highest BCUT2D eigenvalue weighted by Crippen LogP contribution is 2.60. The molecule has 0 aromatic rings. The molecule has 0 saturated heterocycles. The van der Waals surface area contributed by atoms with Crippen molar-refractivity contribution in [2.45, 2.75) is 116 Å². The normalized spacial score (nSPS) is 37.1. The number of aliphatic hydroxyl groups excluding tert-OH is 3. The molecule has 3 rings (SSSR count). The van der Waals surface area contributed by atoms with Crippen molar-refractivity contribution in [2.24, 2.45) is 23.2 Å². The number of ether oxygens (including phenoxy) is 1. The molecule has 4 N–H and O–H groups in total. The molecule has 3 saturated carbocycles. The summed E-state index contributed by atoms with van der Waals surface area (Å²) in [6, 6.07) is 0. The minimum absolute atomic E-state index is 0.0269. The van der Waals surface area contributed by atoms with Crippen LogP contribution in [0.25, 0.3) is 0 Å². The molecular formula is C30H50O5. The average molecular weight is 491 g/mol. The fourth-order valence-electron chi connectivity index (χ4n) is 7.21. The van der Waals surface area contributed by atoms with E-state index in [0.717, 1.165) is 30.8 Å². The van der Waals surface area contributed by atoms with Crippen molar-refractivity contribution < 1.29 is 25.2 Å². The van der Waals surface area contributed by atoms with Gasteiger partial charge in [0.05, 0.1) is 11.7 Å². The molecular weight excluding hydrogens is 440 g/mol. The molecule has 5 heteroatoms. The Kier molecular flexibility index (Phi) is 9.84. The van der Waals surface area contributed by atoms with Crippen molar-refractivity contribution in [3.63, 3.8) is 0 Å². The second kappa shape index (κ2) is 12.0. The number of allylic oxidation sites excluding steroid dienone is 3. The van der Waals surface area contributed by atoms with E-state index in [1.54, 1.807) is 0 Å². The second-order valence-electron chi connectivity index (χ2n) is 12.4. The van der Waals surface area contributed by atoms with Gasteiger partial charge in [0.25, 0.3) is 0 Å². The van der Waals surface area contributed by atoms with Gasteiger partial charge in [-0.1, -0.05) is 51.0 Å². The van der Waals surface area contributed by atoms with Gasteiger partial charge in [0.2, 0.25) is 0 Å². The lowest BCUT2D eigenvalue weighted by Crippen LogP contribution is -2.45. The summed E-state index contributed by atoms with van der Waals surface area (Å²) < 4.78 is 5.63. The fraction of sp³-hybridized carbons (Fsp3) is 0.800. The maximum Gasteiger partial charge on any atom is 0.114 e. The van der Waals surface area contributed by atoms with E-state index in [4.69, 9.17) is 9.84 Å². The van der Waals surface area contributed by atoms with Crippen molar-refractivity contribution in [3.8, 4) is 0 Å². The zero-order valence-electron chi connectivity index (χ0n) is 22.5. The van der Waals surface area contributed by atoms with Crippen molar-refractivity contribution >= 4 is 0 Å². The smallest absolute Gasteiger partial charge is 0.114 e. The van der Waals surface area contributed by atoms with Crippen LogP contribution in [-0.4, -0.2) is 57.6 Å². The standard InChI is InChI=1S/C30H50O5/c1-20(9-6-15-29(3,4)34)24-13-14-25-22(10-7-16-30(24,25)5)11-12-23-19-26(32)28(27(33)21(23)2)35-18-8-17-31/h11-12,20,24-28,31-34H,2,6-10,13-19H2,1,3-5H3/b22-11+,23-12-/t20-,24-,25+,26-,27+,28-,30-/m1/s1. The Labute approximate surface area is 213 Å². The third kappa shape index (κ3) is 6.87. The summed E-state index contributed by atoms with van der Waals surface area (Å²) in [4.78, 5) is 0. The van der Waals surface area contributed by atoms with Gasteiger partial charge in [0, 0.05) is 19.6 Å². The summed E-state index contributed by atoms with van der Waals surface area (Å²) in [5.74, 6) is 1.98. The summed E-state index contributed by atoms with van der Waals surface area (Å²) in [5, 5.41) is 40.4. The Hall–Kier alpha value is -0.980. The van der Waals surface area contributed by atoms with Crippen molar-refractivity contribution in [2.75, 3.05) is 13.2 Å². The van der Waals surface area contributed by atoms with Gasteiger partial charge < -0.3 is 25.2 Å². The Balaban J connectivity index is 1.67. The molecule has 0 amide bonds. The largest absolute Gasteiger partial charge is 0.396 e. The van der Waals surface area contributed by atoms with Gasteiger partial charge in [0.15, 0.2) is 0 Å². The SMILES string of the molecule is C=C1/C(=C\C=C2/CCC[C@]3(C)[C@@H]([C@H](C)CCCC(C)(C)O)CC[C@@H]23)C[C@@H](O)[C@@H](OCCCO)[C@H]1O. The van der Waals surface area contributed by atoms with Crippen molar-refractivity contribution in [3.05, 3.63) is 35.5 Å². The van der Waals surface area contributed by atoms with Crippen LogP contribution in [0.4, 0.5) is 0 Å². The number of fused-ring (bicyclic) bond motifs is 1. The lowest BCUT2D eigenvalue weighted by atomic mass is 9.60. The van der Waals surface area contributed by atoms with Crippen LogP contribution in [0, 0.1) is 23.2 Å². The number of aliphatic hydroxyl groups is 4. The average Bonchev–Trinajstić information content (AvgIpc) is 3.14. The van der Waals surface area contributed by atoms with Gasteiger partial charge >= 0.3 is 0 Å². The molecule has 35 heavy (non-hydrogen) atoms. The molecule has 3 aliphatic carbocycles. The van der Waals surface area contributed by atoms with Crippen LogP contribution in [0.3, 0.4) is 0 Å². The molecule has 3 fully saturated rings. The quantitative estimate of drug-likeness (QED) is 0.321. The molecule has 0 bridgehead atoms. The maximum atomic E-state index is 10.7. The van der Waals surface area contributed by atoms with E-state index in [-0.39, 0.29) is 6.61 Å². The second-order valence-corrected chi connectivity index (χ2v) is 12.4. The van der Waals surface area contributed by atoms with Crippen LogP contribution in [-0.2, 0) is 4.74 Å². The van der Waals surface area contributed by atoms with Crippen LogP contribution in [0.1, 0.15) is 91.9 Å². The highest BCUT2D eigenvalue weighted by Gasteiger charge is 2.50. The first kappa shape index (κ1) is 28.6. The van der Waals surface area contributed by atoms with Gasteiger partial charge in [-0.15, -0.1) is 0 Å². The van der Waals surface area contributed by atoms with E-state index in [9.17, 15) is 15.3 Å². The first-order valence-corrected chi connectivity index (χ1v) is 13.9. The maximum absolute atomic E-state index is 10.7. The lowest BCUT2D eigenvalue weighted by Gasteiger charge is -2.44. The molecule has 7 atom stereocenters. The van der Waals surface area contributed by atoms with Crippen LogP contribution in [0.15, 0.2) is 35.5 Å². The van der Waals surface area contributed by atoms with Gasteiger partial charge in [-0.05, 0) is 93.1 Å². The zero-order chi connectivity index (χ0) is 25.8. The molecule has 3 aliphatic rings. The molecule has 200 valence electrons. The summed E-state index contributed by atoms with van der Waals surface area (Å²) >= 11 is 0. The Morgan fingerprint density at radius 1 is 1.20 bits per heavy atom. The Morgan fingerprint density at radius 3 is 2.63 bits per heavy atom. The van der Waals surface area contributed by atoms with E-state index in [1.807, 2.05) is 13.8 Å². The summed E-state index contributed by atoms with van der Waals surface area (Å²) in [7, 11) is 0. The van der Waals surface area contributed by atoms with Crippen molar-refractivity contribution in [1.29, 1.82) is 0 Å². The molecule has 0 aromatic heterocycles. The highest BCUT2D eigenvalue weighted by molar-refractivity contribution is 5.40. The van der Waals surface area contributed by atoms with Crippen LogP contribution >= 0.6 is 0 Å². The molecule has 0 spiro atoms. The summed E-state index contributed by atoms with van der Waals surface area (Å²) in [5.41, 5.74) is 2.79. The molecule has 5 nitrogen and oxygen atoms in total. The van der Waals surface area contributed by atoms with Crippen LogP contribution < -0.4 is 0 Å². The molecule has 0 aromatic carbocycles. The molecule has 0 heterocycles. The first-order valence-electron chi connectivity index (χ1n) is 13.9. The van der Waals surface area contributed by atoms with Crippen LogP contribution in [0.5, 0.6) is 0 Å². The Bertz CT molecular complexity index is 778. The molecule has 0 radical (unpaired) electrons. The summed E-state index contributed by atoms with van der Waals surface area (Å²) in [6.45, 7) is 13.2. The predicted octanol–water partition coefficient (Wildman–Crippen LogP) is 5.08. The minimum atomic E-state index is -0.931. The fourth-order valence-corrected chi connectivity index (χ4v) is 7.21. The highest BCUT2D eigenvalue weighted by atomic mass is 16.5. The van der Waals surface area contributed by atoms with Crippen LogP contribution in [0.2, 0.25) is 0 Å². The number of hydrogen-bond donors (Lipinski definition) is 4. The number of rotatable bonds is 10. The van der Waals surface area contributed by atoms with E-state index in [0.29, 0.717) is 42.3 Å². The van der Waals surface area contributed by atoms with E-state index < -0.39 is 23.9 Å². The topological polar surface area (TPSA) is 90.2 Å². The van der Waals surface area contributed by atoms with E-state index >= 15 is 0 Å². The Morgan fingerprint density at radius 2 is 1.94 bits per heavy atom.